The highest BCUT2D eigenvalue weighted by molar-refractivity contribution is 8.00. The minimum Gasteiger partial charge on any atom is -0.356 e. The largest absolute Gasteiger partial charge is 0.356 e. The Bertz CT molecular complexity index is 963. The normalized spacial score (nSPS) is 31.8. The highest BCUT2D eigenvalue weighted by atomic mass is 32.2. The summed E-state index contributed by atoms with van der Waals surface area (Å²) in [6, 6.07) is 8.24. The van der Waals surface area contributed by atoms with Gasteiger partial charge < -0.3 is 10.6 Å². The van der Waals surface area contributed by atoms with E-state index in [0.29, 0.717) is 18.0 Å². The maximum absolute atomic E-state index is 4.02. The molecule has 168 valence electrons. The first-order valence-corrected chi connectivity index (χ1v) is 13.8. The average molecular weight is 445 g/mol. The predicted molar refractivity (Wildman–Crippen MR) is 137 cm³/mol. The molecule has 2 nitrogen and oxygen atoms in total. The molecule has 1 aromatic rings. The van der Waals surface area contributed by atoms with Crippen LogP contribution in [0.5, 0.6) is 0 Å². The predicted octanol–water partition coefficient (Wildman–Crippen LogP) is 7.48. The zero-order valence-electron chi connectivity index (χ0n) is 19.1. The van der Waals surface area contributed by atoms with Gasteiger partial charge in [0, 0.05) is 33.6 Å². The minimum atomic E-state index is 0.455. The summed E-state index contributed by atoms with van der Waals surface area (Å²) in [4.78, 5) is 1.53. The minimum absolute atomic E-state index is 0.455. The molecule has 5 aliphatic rings. The number of nitrogens with one attached hydrogen (secondary N) is 2. The van der Waals surface area contributed by atoms with Crippen molar-refractivity contribution in [2.24, 2.45) is 5.92 Å². The second kappa shape index (κ2) is 9.27. The van der Waals surface area contributed by atoms with E-state index >= 15 is 0 Å². The van der Waals surface area contributed by atoms with Crippen molar-refractivity contribution in [2.75, 3.05) is 5.32 Å². The second-order valence-corrected chi connectivity index (χ2v) is 11.6. The first-order chi connectivity index (χ1) is 15.8. The van der Waals surface area contributed by atoms with E-state index in [1.54, 1.807) is 11.1 Å². The summed E-state index contributed by atoms with van der Waals surface area (Å²) >= 11 is 2.14. The van der Waals surface area contributed by atoms with Gasteiger partial charge in [0.25, 0.3) is 0 Å². The molecule has 1 aromatic carbocycles. The van der Waals surface area contributed by atoms with Gasteiger partial charge in [-0.05, 0) is 98.6 Å². The summed E-state index contributed by atoms with van der Waals surface area (Å²) in [7, 11) is 0. The fraction of sp³-hybridized carbons (Fsp3) is 0.517. The molecule has 0 saturated heterocycles. The van der Waals surface area contributed by atoms with Crippen molar-refractivity contribution in [3.63, 3.8) is 0 Å². The molecule has 2 N–H and O–H groups in total. The van der Waals surface area contributed by atoms with E-state index in [2.05, 4.69) is 77.1 Å². The molecule has 6 rings (SSSR count). The van der Waals surface area contributed by atoms with Crippen molar-refractivity contribution in [3.8, 4) is 0 Å². The van der Waals surface area contributed by atoms with Gasteiger partial charge in [0.15, 0.2) is 0 Å². The van der Waals surface area contributed by atoms with Crippen LogP contribution in [-0.2, 0) is 0 Å². The summed E-state index contributed by atoms with van der Waals surface area (Å²) in [6.07, 6.45) is 26.9. The SMILES string of the molecule is C1=CCC(C2=C(Nc3ccc4c(c3)C3CCCCC3S4)C=CCC2NC2CC=CC2)CC1. The molecule has 4 aliphatic carbocycles. The van der Waals surface area contributed by atoms with Crippen LogP contribution in [0.15, 0.2) is 70.8 Å². The van der Waals surface area contributed by atoms with Gasteiger partial charge in [-0.3, -0.25) is 0 Å². The molecule has 4 unspecified atom stereocenters. The summed E-state index contributed by atoms with van der Waals surface area (Å²) in [5.74, 6) is 1.42. The van der Waals surface area contributed by atoms with E-state index in [-0.39, 0.29) is 0 Å². The van der Waals surface area contributed by atoms with Crippen LogP contribution in [0.4, 0.5) is 5.69 Å². The van der Waals surface area contributed by atoms with Gasteiger partial charge in [-0.2, -0.15) is 0 Å². The Kier molecular flexibility index (Phi) is 6.04. The third-order valence-corrected chi connectivity index (χ3v) is 9.66. The van der Waals surface area contributed by atoms with E-state index in [1.807, 2.05) is 0 Å². The monoisotopic (exact) mass is 444 g/mol. The van der Waals surface area contributed by atoms with Crippen molar-refractivity contribution >= 4 is 17.4 Å². The molecule has 3 heteroatoms. The summed E-state index contributed by atoms with van der Waals surface area (Å²) < 4.78 is 0. The fourth-order valence-electron chi connectivity index (χ4n) is 6.56. The smallest absolute Gasteiger partial charge is 0.0391 e. The molecule has 0 aromatic heterocycles. The van der Waals surface area contributed by atoms with Crippen molar-refractivity contribution in [2.45, 2.75) is 92.4 Å². The Balaban J connectivity index is 1.29. The van der Waals surface area contributed by atoms with Gasteiger partial charge in [-0.1, -0.05) is 43.2 Å². The van der Waals surface area contributed by atoms with Crippen molar-refractivity contribution in [1.82, 2.24) is 5.32 Å². The summed E-state index contributed by atoms with van der Waals surface area (Å²) in [5, 5.41) is 8.75. The standard InChI is InChI=1S/C29H36N2S/c1-2-9-20(10-3-1)29-25(30-21-11-4-5-12-21)14-8-15-26(29)31-22-17-18-28-24(19-22)23-13-6-7-16-27(23)32-28/h1-2,4-5,8,15,17-21,23,25,27,30-31H,3,6-7,9-14,16H2. The molecule has 0 radical (unpaired) electrons. The van der Waals surface area contributed by atoms with E-state index < -0.39 is 0 Å². The molecular formula is C29H36N2S. The first-order valence-electron chi connectivity index (χ1n) is 12.9. The molecule has 1 heterocycles. The average Bonchev–Trinajstić information content (AvgIpc) is 3.47. The summed E-state index contributed by atoms with van der Waals surface area (Å²) in [5.41, 5.74) is 5.86. The zero-order chi connectivity index (χ0) is 21.3. The van der Waals surface area contributed by atoms with E-state index in [0.717, 1.165) is 17.6 Å². The van der Waals surface area contributed by atoms with Gasteiger partial charge in [0.2, 0.25) is 0 Å². The highest BCUT2D eigenvalue weighted by Crippen LogP contribution is 2.52. The lowest BCUT2D eigenvalue weighted by Gasteiger charge is -2.35. The lowest BCUT2D eigenvalue weighted by Crippen LogP contribution is -2.41. The van der Waals surface area contributed by atoms with Crippen molar-refractivity contribution in [3.05, 3.63) is 71.5 Å². The van der Waals surface area contributed by atoms with Crippen LogP contribution in [-0.4, -0.2) is 17.3 Å². The number of thioether (sulfide) groups is 1. The fourth-order valence-corrected chi connectivity index (χ4v) is 8.11. The third-order valence-electron chi connectivity index (χ3n) is 8.17. The van der Waals surface area contributed by atoms with Gasteiger partial charge >= 0.3 is 0 Å². The van der Waals surface area contributed by atoms with Crippen LogP contribution in [0.3, 0.4) is 0 Å². The van der Waals surface area contributed by atoms with Crippen molar-refractivity contribution in [1.29, 1.82) is 0 Å². The Hall–Kier alpha value is -1.71. The van der Waals surface area contributed by atoms with E-state index in [4.69, 9.17) is 0 Å². The Morgan fingerprint density at radius 1 is 0.844 bits per heavy atom. The number of hydrogen-bond acceptors (Lipinski definition) is 3. The number of hydrogen-bond donors (Lipinski definition) is 2. The quantitative estimate of drug-likeness (QED) is 0.460. The van der Waals surface area contributed by atoms with Crippen LogP contribution >= 0.6 is 11.8 Å². The molecule has 32 heavy (non-hydrogen) atoms. The highest BCUT2D eigenvalue weighted by Gasteiger charge is 2.35. The van der Waals surface area contributed by atoms with Crippen molar-refractivity contribution < 1.29 is 0 Å². The topological polar surface area (TPSA) is 24.1 Å². The van der Waals surface area contributed by atoms with E-state index in [9.17, 15) is 0 Å². The maximum Gasteiger partial charge on any atom is 0.0391 e. The lowest BCUT2D eigenvalue weighted by atomic mass is 9.79. The Morgan fingerprint density at radius 2 is 1.72 bits per heavy atom. The van der Waals surface area contributed by atoms with E-state index in [1.165, 1.54) is 74.1 Å². The number of anilines is 1. The van der Waals surface area contributed by atoms with Gasteiger partial charge in [0.1, 0.15) is 0 Å². The number of benzene rings is 1. The van der Waals surface area contributed by atoms with Gasteiger partial charge in [-0.25, -0.2) is 0 Å². The Labute approximate surface area is 197 Å². The second-order valence-electron chi connectivity index (χ2n) is 10.3. The van der Waals surface area contributed by atoms with Gasteiger partial charge in [-0.15, -0.1) is 11.8 Å². The first kappa shape index (κ1) is 20.9. The third kappa shape index (κ3) is 4.15. The number of allylic oxidation sites excluding steroid dienone is 3. The molecule has 1 fully saturated rings. The lowest BCUT2D eigenvalue weighted by molar-refractivity contribution is 0.419. The van der Waals surface area contributed by atoms with Crippen LogP contribution in [0.2, 0.25) is 0 Å². The molecule has 1 saturated carbocycles. The van der Waals surface area contributed by atoms with Crippen LogP contribution in [0, 0.1) is 5.92 Å². The molecule has 0 bridgehead atoms. The molecular weight excluding hydrogens is 408 g/mol. The number of fused-ring (bicyclic) bond motifs is 3. The molecule has 4 atom stereocenters. The van der Waals surface area contributed by atoms with Crippen LogP contribution < -0.4 is 10.6 Å². The maximum atomic E-state index is 4.02. The molecule has 0 amide bonds. The Morgan fingerprint density at radius 3 is 2.59 bits per heavy atom. The van der Waals surface area contributed by atoms with Crippen LogP contribution in [0.25, 0.3) is 0 Å². The zero-order valence-corrected chi connectivity index (χ0v) is 19.9. The summed E-state index contributed by atoms with van der Waals surface area (Å²) in [6.45, 7) is 0. The molecule has 0 spiro atoms. The number of rotatable bonds is 5. The van der Waals surface area contributed by atoms with Crippen LogP contribution in [0.1, 0.15) is 75.7 Å². The van der Waals surface area contributed by atoms with Gasteiger partial charge in [0.05, 0.1) is 0 Å². The molecule has 1 aliphatic heterocycles.